The lowest BCUT2D eigenvalue weighted by Gasteiger charge is -2.29. The summed E-state index contributed by atoms with van der Waals surface area (Å²) in [7, 11) is 0. The molecule has 1 aliphatic heterocycles. The van der Waals surface area contributed by atoms with E-state index in [-0.39, 0.29) is 29.6 Å². The van der Waals surface area contributed by atoms with Crippen LogP contribution in [0.15, 0.2) is 30.3 Å². The van der Waals surface area contributed by atoms with Gasteiger partial charge in [0, 0.05) is 24.6 Å². The van der Waals surface area contributed by atoms with Crippen molar-refractivity contribution in [1.82, 2.24) is 5.32 Å². The Morgan fingerprint density at radius 1 is 1.04 bits per heavy atom. The van der Waals surface area contributed by atoms with Crippen molar-refractivity contribution in [3.8, 4) is 0 Å². The highest BCUT2D eigenvalue weighted by molar-refractivity contribution is 6.01. The summed E-state index contributed by atoms with van der Waals surface area (Å²) in [5, 5.41) is 3.07. The minimum atomic E-state index is -0.155. The Labute approximate surface area is 143 Å². The molecule has 4 rings (SSSR count). The maximum absolute atomic E-state index is 13.0. The molecule has 2 bridgehead atoms. The van der Waals surface area contributed by atoms with Gasteiger partial charge in [-0.1, -0.05) is 30.3 Å². The monoisotopic (exact) mass is 327 g/mol. The molecule has 0 unspecified atom stereocenters. The third kappa shape index (κ3) is 2.88. The van der Waals surface area contributed by atoms with E-state index in [1.807, 2.05) is 30.3 Å². The van der Waals surface area contributed by atoms with Gasteiger partial charge in [-0.25, -0.2) is 0 Å². The summed E-state index contributed by atoms with van der Waals surface area (Å²) in [6, 6.07) is 9.45. The number of rotatable bonds is 5. The molecule has 4 heteroatoms. The quantitative estimate of drug-likeness (QED) is 0.846. The number of ether oxygens (including phenoxy) is 1. The van der Waals surface area contributed by atoms with Gasteiger partial charge in [0.05, 0.1) is 12.0 Å². The molecular weight excluding hydrogens is 302 g/mol. The van der Waals surface area contributed by atoms with Crippen LogP contribution in [-0.2, 0) is 9.53 Å². The van der Waals surface area contributed by atoms with Gasteiger partial charge in [0.25, 0.3) is 0 Å². The van der Waals surface area contributed by atoms with Gasteiger partial charge in [0.2, 0.25) is 5.91 Å². The van der Waals surface area contributed by atoms with E-state index in [2.05, 4.69) is 5.32 Å². The number of hydrogen-bond donors (Lipinski definition) is 1. The summed E-state index contributed by atoms with van der Waals surface area (Å²) < 4.78 is 5.59. The number of benzene rings is 1. The highest BCUT2D eigenvalue weighted by Gasteiger charge is 2.53. The summed E-state index contributed by atoms with van der Waals surface area (Å²) in [5.74, 6) is 0.666. The molecule has 0 aromatic heterocycles. The van der Waals surface area contributed by atoms with E-state index in [1.54, 1.807) is 0 Å². The van der Waals surface area contributed by atoms with E-state index < -0.39 is 0 Å². The Morgan fingerprint density at radius 3 is 2.50 bits per heavy atom. The van der Waals surface area contributed by atoms with Crippen LogP contribution in [0.1, 0.15) is 42.5 Å². The van der Waals surface area contributed by atoms with Crippen LogP contribution >= 0.6 is 0 Å². The predicted octanol–water partition coefficient (Wildman–Crippen LogP) is 2.83. The molecule has 3 aliphatic rings. The van der Waals surface area contributed by atoms with Gasteiger partial charge >= 0.3 is 0 Å². The molecule has 1 amide bonds. The Hall–Kier alpha value is -1.68. The molecule has 1 aromatic rings. The standard InChI is InChI=1S/C20H25NO3/c22-19(13-5-2-1-3-6-13)17-14-8-9-15(11-14)18(17)20(23)21-12-16-7-4-10-24-16/h1-3,5-6,14-18H,4,7-12H2,(H,21,23)/t14-,15-,16-,17+,18+/m0/s1. The van der Waals surface area contributed by atoms with Crippen LogP contribution in [-0.4, -0.2) is 30.9 Å². The van der Waals surface area contributed by atoms with Gasteiger partial charge in [-0.15, -0.1) is 0 Å². The molecule has 0 spiro atoms. The van der Waals surface area contributed by atoms with Gasteiger partial charge in [0.1, 0.15) is 0 Å². The van der Waals surface area contributed by atoms with Crippen molar-refractivity contribution >= 4 is 11.7 Å². The molecule has 0 radical (unpaired) electrons. The summed E-state index contributed by atoms with van der Waals surface area (Å²) in [4.78, 5) is 25.8. The van der Waals surface area contributed by atoms with Crippen LogP contribution in [0.2, 0.25) is 0 Å². The largest absolute Gasteiger partial charge is 0.376 e. The van der Waals surface area contributed by atoms with Crippen molar-refractivity contribution < 1.29 is 14.3 Å². The van der Waals surface area contributed by atoms with Gasteiger partial charge in [-0.05, 0) is 43.9 Å². The summed E-state index contributed by atoms with van der Waals surface area (Å²) in [6.07, 6.45) is 5.44. The van der Waals surface area contributed by atoms with Gasteiger partial charge < -0.3 is 10.1 Å². The Kier molecular flexibility index (Phi) is 4.40. The summed E-state index contributed by atoms with van der Waals surface area (Å²) >= 11 is 0. The first-order valence-corrected chi connectivity index (χ1v) is 9.22. The fraction of sp³-hybridized carbons (Fsp3) is 0.600. The zero-order valence-electron chi connectivity index (χ0n) is 13.9. The zero-order chi connectivity index (χ0) is 16.5. The Balaban J connectivity index is 1.47. The van der Waals surface area contributed by atoms with Crippen molar-refractivity contribution in [2.24, 2.45) is 23.7 Å². The number of Topliss-reactive ketones (excluding diaryl/α,β-unsaturated/α-hetero) is 1. The normalized spacial score (nSPS) is 34.4. The van der Waals surface area contributed by atoms with Gasteiger partial charge in [0.15, 0.2) is 5.78 Å². The fourth-order valence-electron chi connectivity index (χ4n) is 4.98. The highest BCUT2D eigenvalue weighted by atomic mass is 16.5. The minimum Gasteiger partial charge on any atom is -0.376 e. The van der Waals surface area contributed by atoms with Crippen LogP contribution in [0, 0.1) is 23.7 Å². The van der Waals surface area contributed by atoms with Crippen molar-refractivity contribution in [3.63, 3.8) is 0 Å². The second-order valence-corrected chi connectivity index (χ2v) is 7.50. The molecule has 3 fully saturated rings. The highest BCUT2D eigenvalue weighted by Crippen LogP contribution is 2.53. The first-order chi connectivity index (χ1) is 11.7. The third-order valence-corrected chi connectivity index (χ3v) is 6.11. The lowest BCUT2D eigenvalue weighted by atomic mass is 9.75. The first-order valence-electron chi connectivity index (χ1n) is 9.22. The molecule has 4 nitrogen and oxygen atoms in total. The van der Waals surface area contributed by atoms with E-state index in [0.717, 1.165) is 44.3 Å². The number of nitrogens with one attached hydrogen (secondary N) is 1. The lowest BCUT2D eigenvalue weighted by Crippen LogP contribution is -2.43. The summed E-state index contributed by atoms with van der Waals surface area (Å²) in [5.41, 5.74) is 0.743. The van der Waals surface area contributed by atoms with Crippen LogP contribution in [0.25, 0.3) is 0 Å². The minimum absolute atomic E-state index is 0.0620. The van der Waals surface area contributed by atoms with Crippen LogP contribution in [0.5, 0.6) is 0 Å². The van der Waals surface area contributed by atoms with E-state index >= 15 is 0 Å². The number of carbonyl (C=O) groups excluding carboxylic acids is 2. The van der Waals surface area contributed by atoms with Crippen LogP contribution < -0.4 is 5.32 Å². The average molecular weight is 327 g/mol. The molecule has 1 aromatic carbocycles. The molecule has 5 atom stereocenters. The summed E-state index contributed by atoms with van der Waals surface area (Å²) in [6.45, 7) is 1.38. The Morgan fingerprint density at radius 2 is 1.79 bits per heavy atom. The van der Waals surface area contributed by atoms with Crippen molar-refractivity contribution in [2.45, 2.75) is 38.2 Å². The first kappa shape index (κ1) is 15.8. The molecule has 24 heavy (non-hydrogen) atoms. The van der Waals surface area contributed by atoms with E-state index in [9.17, 15) is 9.59 Å². The lowest BCUT2D eigenvalue weighted by molar-refractivity contribution is -0.128. The number of carbonyl (C=O) groups is 2. The fourth-order valence-corrected chi connectivity index (χ4v) is 4.98. The van der Waals surface area contributed by atoms with Crippen LogP contribution in [0.4, 0.5) is 0 Å². The van der Waals surface area contributed by atoms with Crippen LogP contribution in [0.3, 0.4) is 0 Å². The van der Waals surface area contributed by atoms with Gasteiger partial charge in [-0.3, -0.25) is 9.59 Å². The second-order valence-electron chi connectivity index (χ2n) is 7.50. The molecule has 1 heterocycles. The predicted molar refractivity (Wildman–Crippen MR) is 90.6 cm³/mol. The zero-order valence-corrected chi connectivity index (χ0v) is 13.9. The van der Waals surface area contributed by atoms with E-state index in [0.29, 0.717) is 18.4 Å². The maximum Gasteiger partial charge on any atom is 0.224 e. The SMILES string of the molecule is O=C(NC[C@@H]1CCCO1)[C@@H]1[C@H]2CC[C@@H](C2)[C@H]1C(=O)c1ccccc1. The number of fused-ring (bicyclic) bond motifs is 2. The molecule has 1 N–H and O–H groups in total. The topological polar surface area (TPSA) is 55.4 Å². The number of hydrogen-bond acceptors (Lipinski definition) is 3. The van der Waals surface area contributed by atoms with Crippen molar-refractivity contribution in [3.05, 3.63) is 35.9 Å². The maximum atomic E-state index is 13.0. The van der Waals surface area contributed by atoms with E-state index in [1.165, 1.54) is 0 Å². The average Bonchev–Trinajstić information content (AvgIpc) is 3.36. The molecule has 2 saturated carbocycles. The van der Waals surface area contributed by atoms with E-state index in [4.69, 9.17) is 4.74 Å². The second kappa shape index (κ2) is 6.67. The van der Waals surface area contributed by atoms with Crippen molar-refractivity contribution in [1.29, 1.82) is 0 Å². The molecule has 128 valence electrons. The van der Waals surface area contributed by atoms with Crippen molar-refractivity contribution in [2.75, 3.05) is 13.2 Å². The Bertz CT molecular complexity index is 609. The third-order valence-electron chi connectivity index (χ3n) is 6.11. The smallest absolute Gasteiger partial charge is 0.224 e. The molecule has 2 aliphatic carbocycles. The number of amides is 1. The van der Waals surface area contributed by atoms with Gasteiger partial charge in [-0.2, -0.15) is 0 Å². The molecular formula is C20H25NO3. The number of ketones is 1. The molecule has 1 saturated heterocycles.